The highest BCUT2D eigenvalue weighted by Gasteiger charge is 2.45. The molecule has 0 saturated carbocycles. The highest BCUT2D eigenvalue weighted by Crippen LogP contribution is 2.42. The largest absolute Gasteiger partial charge is 0.494 e. The van der Waals surface area contributed by atoms with Crippen molar-refractivity contribution in [1.82, 2.24) is 5.32 Å². The van der Waals surface area contributed by atoms with E-state index in [2.05, 4.69) is 5.32 Å². The average molecular weight is 483 g/mol. The van der Waals surface area contributed by atoms with E-state index in [1.807, 2.05) is 49.4 Å². The maximum Gasteiger partial charge on any atom is 0.228 e. The van der Waals surface area contributed by atoms with E-state index in [0.29, 0.717) is 28.9 Å². The van der Waals surface area contributed by atoms with Crippen molar-refractivity contribution in [1.29, 1.82) is 0 Å². The lowest BCUT2D eigenvalue weighted by Crippen LogP contribution is -2.35. The van der Waals surface area contributed by atoms with Gasteiger partial charge in [-0.15, -0.1) is 0 Å². The van der Waals surface area contributed by atoms with Crippen LogP contribution in [0, 0.1) is 5.92 Å². The summed E-state index contributed by atoms with van der Waals surface area (Å²) in [7, 11) is 0. The number of hydrogen-bond donors (Lipinski definition) is 1. The molecule has 1 aliphatic rings. The number of anilines is 1. The number of ether oxygens (including phenoxy) is 1. The van der Waals surface area contributed by atoms with E-state index in [1.54, 1.807) is 35.2 Å². The molecule has 1 fully saturated rings. The highest BCUT2D eigenvalue weighted by molar-refractivity contribution is 6.31. The van der Waals surface area contributed by atoms with E-state index in [9.17, 15) is 9.59 Å². The Balaban J connectivity index is 1.58. The summed E-state index contributed by atoms with van der Waals surface area (Å²) in [6, 6.07) is 21.5. The second-order valence-corrected chi connectivity index (χ2v) is 8.72. The first-order chi connectivity index (χ1) is 16.0. The minimum atomic E-state index is -0.555. The van der Waals surface area contributed by atoms with Crippen LogP contribution in [0.25, 0.3) is 0 Å². The molecule has 170 valence electrons. The summed E-state index contributed by atoms with van der Waals surface area (Å²) in [6.07, 6.45) is 0.106. The number of rotatable bonds is 7. The van der Waals surface area contributed by atoms with Gasteiger partial charge in [-0.2, -0.15) is 0 Å². The molecule has 4 rings (SSSR count). The standard InChI is InChI=1S/C26H24Cl2N2O3/c1-2-33-22-12-6-17(7-13-22)16-29-26(32)23-15-24(31)30(21-5-3-4-20(28)14-21)25(23)18-8-10-19(27)11-9-18/h3-14,23,25H,2,15-16H2,1H3,(H,29,32)/t23-,25+/m0/s1. The lowest BCUT2D eigenvalue weighted by molar-refractivity contribution is -0.127. The molecule has 2 atom stereocenters. The van der Waals surface area contributed by atoms with Crippen LogP contribution < -0.4 is 15.0 Å². The zero-order valence-electron chi connectivity index (χ0n) is 18.1. The Hall–Kier alpha value is -3.02. The van der Waals surface area contributed by atoms with Crippen LogP contribution in [-0.4, -0.2) is 18.4 Å². The normalized spacial score (nSPS) is 17.8. The first-order valence-corrected chi connectivity index (χ1v) is 11.5. The fourth-order valence-electron chi connectivity index (χ4n) is 4.13. The van der Waals surface area contributed by atoms with Gasteiger partial charge in [0.25, 0.3) is 0 Å². The van der Waals surface area contributed by atoms with Crippen molar-refractivity contribution >= 4 is 40.7 Å². The number of carbonyl (C=O) groups is 2. The van der Waals surface area contributed by atoms with Gasteiger partial charge in [0.05, 0.1) is 18.6 Å². The Bertz CT molecular complexity index is 1130. The summed E-state index contributed by atoms with van der Waals surface area (Å²) in [5.74, 6) is -0.0746. The summed E-state index contributed by atoms with van der Waals surface area (Å²) in [5.41, 5.74) is 2.45. The molecule has 0 bridgehead atoms. The molecule has 1 saturated heterocycles. The minimum absolute atomic E-state index is 0.106. The van der Waals surface area contributed by atoms with Crippen LogP contribution in [0.2, 0.25) is 10.0 Å². The molecule has 3 aromatic rings. The van der Waals surface area contributed by atoms with Crippen molar-refractivity contribution in [3.63, 3.8) is 0 Å². The van der Waals surface area contributed by atoms with Crippen LogP contribution in [0.1, 0.15) is 30.5 Å². The molecule has 0 spiro atoms. The zero-order chi connectivity index (χ0) is 23.4. The topological polar surface area (TPSA) is 58.6 Å². The van der Waals surface area contributed by atoms with Gasteiger partial charge in [0.2, 0.25) is 11.8 Å². The third-order valence-electron chi connectivity index (χ3n) is 5.66. The van der Waals surface area contributed by atoms with E-state index in [1.165, 1.54) is 0 Å². The number of carbonyl (C=O) groups excluding carboxylic acids is 2. The second-order valence-electron chi connectivity index (χ2n) is 7.85. The van der Waals surface area contributed by atoms with Crippen molar-refractivity contribution in [3.05, 3.63) is 94.0 Å². The molecule has 0 aromatic heterocycles. The molecule has 33 heavy (non-hydrogen) atoms. The summed E-state index contributed by atoms with van der Waals surface area (Å²) in [5, 5.41) is 4.11. The van der Waals surface area contributed by atoms with Crippen LogP contribution >= 0.6 is 23.2 Å². The Morgan fingerprint density at radius 3 is 2.42 bits per heavy atom. The van der Waals surface area contributed by atoms with Gasteiger partial charge in [0, 0.05) is 28.7 Å². The van der Waals surface area contributed by atoms with Crippen molar-refractivity contribution < 1.29 is 14.3 Å². The number of amides is 2. The molecular weight excluding hydrogens is 459 g/mol. The smallest absolute Gasteiger partial charge is 0.228 e. The molecule has 7 heteroatoms. The lowest BCUT2D eigenvalue weighted by atomic mass is 9.92. The number of halogens is 2. The Morgan fingerprint density at radius 1 is 1.03 bits per heavy atom. The summed E-state index contributed by atoms with van der Waals surface area (Å²) < 4.78 is 5.46. The Labute approximate surface area is 203 Å². The third-order valence-corrected chi connectivity index (χ3v) is 6.15. The Kier molecular flexibility index (Phi) is 7.21. The molecule has 1 N–H and O–H groups in total. The Morgan fingerprint density at radius 2 is 1.76 bits per heavy atom. The van der Waals surface area contributed by atoms with Gasteiger partial charge >= 0.3 is 0 Å². The molecule has 0 aliphatic carbocycles. The number of hydrogen-bond acceptors (Lipinski definition) is 3. The number of benzene rings is 3. The molecule has 5 nitrogen and oxygen atoms in total. The van der Waals surface area contributed by atoms with Gasteiger partial charge in [0.1, 0.15) is 5.75 Å². The van der Waals surface area contributed by atoms with Crippen molar-refractivity contribution in [2.24, 2.45) is 5.92 Å². The molecule has 1 heterocycles. The predicted molar refractivity (Wildman–Crippen MR) is 131 cm³/mol. The lowest BCUT2D eigenvalue weighted by Gasteiger charge is -2.28. The van der Waals surface area contributed by atoms with Crippen molar-refractivity contribution in [2.45, 2.75) is 25.9 Å². The van der Waals surface area contributed by atoms with Gasteiger partial charge < -0.3 is 15.0 Å². The van der Waals surface area contributed by atoms with E-state index in [-0.39, 0.29) is 18.2 Å². The fraction of sp³-hybridized carbons (Fsp3) is 0.231. The minimum Gasteiger partial charge on any atom is -0.494 e. The van der Waals surface area contributed by atoms with Gasteiger partial charge in [0.15, 0.2) is 0 Å². The van der Waals surface area contributed by atoms with Crippen LogP contribution in [0.5, 0.6) is 5.75 Å². The van der Waals surface area contributed by atoms with Crippen LogP contribution in [0.15, 0.2) is 72.8 Å². The number of nitrogens with zero attached hydrogens (tertiary/aromatic N) is 1. The van der Waals surface area contributed by atoms with Gasteiger partial charge in [-0.25, -0.2) is 0 Å². The van der Waals surface area contributed by atoms with Crippen LogP contribution in [0.4, 0.5) is 5.69 Å². The van der Waals surface area contributed by atoms with Gasteiger partial charge in [-0.1, -0.05) is 53.5 Å². The van der Waals surface area contributed by atoms with Crippen molar-refractivity contribution in [2.75, 3.05) is 11.5 Å². The molecule has 0 radical (unpaired) electrons. The van der Waals surface area contributed by atoms with Crippen LogP contribution in [0.3, 0.4) is 0 Å². The maximum absolute atomic E-state index is 13.3. The molecule has 1 aliphatic heterocycles. The van der Waals surface area contributed by atoms with Gasteiger partial charge in [-0.3, -0.25) is 9.59 Å². The average Bonchev–Trinajstić information content (AvgIpc) is 3.16. The molecule has 0 unspecified atom stereocenters. The van der Waals surface area contributed by atoms with Crippen LogP contribution in [-0.2, 0) is 16.1 Å². The van der Waals surface area contributed by atoms with E-state index in [0.717, 1.165) is 16.9 Å². The monoisotopic (exact) mass is 482 g/mol. The molecular formula is C26H24Cl2N2O3. The summed E-state index contributed by atoms with van der Waals surface area (Å²) >= 11 is 12.3. The fourth-order valence-corrected chi connectivity index (χ4v) is 4.44. The van der Waals surface area contributed by atoms with Gasteiger partial charge in [-0.05, 0) is 60.5 Å². The quantitative estimate of drug-likeness (QED) is 0.462. The number of nitrogens with one attached hydrogen (secondary N) is 1. The molecule has 2 amide bonds. The third kappa shape index (κ3) is 5.32. The van der Waals surface area contributed by atoms with E-state index in [4.69, 9.17) is 27.9 Å². The maximum atomic E-state index is 13.3. The van der Waals surface area contributed by atoms with E-state index < -0.39 is 12.0 Å². The van der Waals surface area contributed by atoms with E-state index >= 15 is 0 Å². The molecule has 3 aromatic carbocycles. The SMILES string of the molecule is CCOc1ccc(CNC(=O)[C@H]2CC(=O)N(c3cccc(Cl)c3)[C@@H]2c2ccc(Cl)cc2)cc1. The first kappa shape index (κ1) is 23.1. The summed E-state index contributed by atoms with van der Waals surface area (Å²) in [4.78, 5) is 28.0. The second kappa shape index (κ2) is 10.3. The predicted octanol–water partition coefficient (Wildman–Crippen LogP) is 5.80. The highest BCUT2D eigenvalue weighted by atomic mass is 35.5. The van der Waals surface area contributed by atoms with Crippen molar-refractivity contribution in [3.8, 4) is 5.75 Å². The zero-order valence-corrected chi connectivity index (χ0v) is 19.6. The summed E-state index contributed by atoms with van der Waals surface area (Å²) in [6.45, 7) is 2.89. The first-order valence-electron chi connectivity index (χ1n) is 10.8.